The molecule has 39 heavy (non-hydrogen) atoms. The van der Waals surface area contributed by atoms with Crippen LogP contribution < -0.4 is 9.80 Å². The fraction of sp³-hybridized carbons (Fsp3) is 0.387. The summed E-state index contributed by atoms with van der Waals surface area (Å²) >= 11 is 0. The van der Waals surface area contributed by atoms with E-state index in [1.165, 1.54) is 9.80 Å². The van der Waals surface area contributed by atoms with Gasteiger partial charge < -0.3 is 4.74 Å². The Labute approximate surface area is 226 Å². The molecule has 0 N–H and O–H groups in total. The Morgan fingerprint density at radius 3 is 1.59 bits per heavy atom. The standard InChI is InChI=1S/C31H30N2O6/c1-6-39-30(38)23-17(4)20-21-24(28(36)32(26(21)34)18-13-9-7-11-15(18)2)31(23,5)25-22(20)27(35)33(29(25)37)19-14-10-8-12-16(19)3/h7-14,20-22,24-25H,6H2,1-5H3/t20?,21-,22-,24-,25-,31?/m1/s1. The van der Waals surface area contributed by atoms with Crippen LogP contribution in [0.2, 0.25) is 0 Å². The number of carbonyl (C=O) groups excluding carboxylic acids is 5. The SMILES string of the molecule is CCOC(=O)C1=C(C)C2[C@H]3C(=O)N(c4ccccc4C)C(=O)[C@@H]3C1(C)[C@H]1C(=O)N(c3ccccc3C)C(=O)[C@H]21. The number of ether oxygens (including phenoxy) is 1. The lowest BCUT2D eigenvalue weighted by Gasteiger charge is -2.55. The highest BCUT2D eigenvalue weighted by Crippen LogP contribution is 2.69. The van der Waals surface area contributed by atoms with Gasteiger partial charge in [-0.15, -0.1) is 0 Å². The Morgan fingerprint density at radius 1 is 0.744 bits per heavy atom. The fourth-order valence-corrected chi connectivity index (χ4v) is 7.91. The second-order valence-electron chi connectivity index (χ2n) is 11.2. The first-order valence-electron chi connectivity index (χ1n) is 13.3. The number of hydrogen-bond acceptors (Lipinski definition) is 6. The van der Waals surface area contributed by atoms with E-state index in [-0.39, 0.29) is 12.2 Å². The van der Waals surface area contributed by atoms with Crippen molar-refractivity contribution >= 4 is 41.0 Å². The molecule has 0 unspecified atom stereocenters. The molecule has 3 fully saturated rings. The maximum absolute atomic E-state index is 14.2. The number of nitrogens with zero attached hydrogens (tertiary/aromatic N) is 2. The molecule has 4 amide bonds. The first-order valence-corrected chi connectivity index (χ1v) is 13.3. The van der Waals surface area contributed by atoms with E-state index in [9.17, 15) is 24.0 Å². The van der Waals surface area contributed by atoms with Gasteiger partial charge in [0.25, 0.3) is 0 Å². The molecular formula is C31H30N2O6. The highest BCUT2D eigenvalue weighted by molar-refractivity contribution is 6.28. The normalized spacial score (nSPS) is 31.3. The number of esters is 1. The second kappa shape index (κ2) is 8.46. The third-order valence-corrected chi connectivity index (χ3v) is 9.39. The first-order chi connectivity index (χ1) is 18.6. The first kappa shape index (κ1) is 25.2. The molecule has 2 aliphatic heterocycles. The van der Waals surface area contributed by atoms with E-state index in [1.54, 1.807) is 45.0 Å². The van der Waals surface area contributed by atoms with E-state index >= 15 is 0 Å². The number of carbonyl (C=O) groups is 5. The number of hydrogen-bond donors (Lipinski definition) is 0. The van der Waals surface area contributed by atoms with Gasteiger partial charge in [0.1, 0.15) is 0 Å². The predicted octanol–water partition coefficient (Wildman–Crippen LogP) is 3.74. The number of benzene rings is 2. The number of amides is 4. The summed E-state index contributed by atoms with van der Waals surface area (Å²) in [4.78, 5) is 72.6. The van der Waals surface area contributed by atoms with Gasteiger partial charge in [-0.2, -0.15) is 0 Å². The van der Waals surface area contributed by atoms with Gasteiger partial charge in [-0.05, 0) is 51.0 Å². The third-order valence-electron chi connectivity index (χ3n) is 9.39. The van der Waals surface area contributed by atoms with E-state index in [1.807, 2.05) is 38.1 Å². The largest absolute Gasteiger partial charge is 0.463 e. The van der Waals surface area contributed by atoms with Gasteiger partial charge in [0.2, 0.25) is 23.6 Å². The van der Waals surface area contributed by atoms with Gasteiger partial charge in [-0.25, -0.2) is 14.6 Å². The highest BCUT2D eigenvalue weighted by atomic mass is 16.5. The summed E-state index contributed by atoms with van der Waals surface area (Å²) in [5.74, 6) is -6.77. The Hall–Kier alpha value is -4.07. The van der Waals surface area contributed by atoms with Crippen LogP contribution >= 0.6 is 0 Å². The molecule has 2 heterocycles. The van der Waals surface area contributed by atoms with Crippen LogP contribution in [-0.2, 0) is 28.7 Å². The zero-order valence-electron chi connectivity index (χ0n) is 22.6. The topological polar surface area (TPSA) is 101 Å². The zero-order valence-corrected chi connectivity index (χ0v) is 22.6. The van der Waals surface area contributed by atoms with Crippen LogP contribution in [0.1, 0.15) is 31.9 Å². The molecule has 2 bridgehead atoms. The highest BCUT2D eigenvalue weighted by Gasteiger charge is 2.77. The van der Waals surface area contributed by atoms with Crippen molar-refractivity contribution in [3.8, 4) is 0 Å². The van der Waals surface area contributed by atoms with Crippen molar-refractivity contribution < 1.29 is 28.7 Å². The quantitative estimate of drug-likeness (QED) is 0.444. The summed E-state index contributed by atoms with van der Waals surface area (Å²) < 4.78 is 5.44. The van der Waals surface area contributed by atoms with Gasteiger partial charge in [0, 0.05) is 16.9 Å². The van der Waals surface area contributed by atoms with Crippen LogP contribution in [-0.4, -0.2) is 36.2 Å². The molecule has 8 heteroatoms. The summed E-state index contributed by atoms with van der Waals surface area (Å²) in [5, 5.41) is 0. The summed E-state index contributed by atoms with van der Waals surface area (Å²) in [6.07, 6.45) is 0. The monoisotopic (exact) mass is 526 g/mol. The minimum atomic E-state index is -1.41. The lowest BCUT2D eigenvalue weighted by atomic mass is 9.43. The summed E-state index contributed by atoms with van der Waals surface area (Å²) in [6, 6.07) is 14.3. The number of aryl methyl sites for hydroxylation is 2. The lowest BCUT2D eigenvalue weighted by molar-refractivity contribution is -0.155. The number of anilines is 2. The summed E-state index contributed by atoms with van der Waals surface area (Å²) in [5.41, 5.74) is 1.85. The number of allylic oxidation sites excluding steroid dienone is 1. The molecule has 1 saturated carbocycles. The number of para-hydroxylation sites is 2. The molecule has 3 aliphatic carbocycles. The minimum absolute atomic E-state index is 0.114. The molecule has 0 spiro atoms. The van der Waals surface area contributed by atoms with Crippen molar-refractivity contribution in [2.24, 2.45) is 35.0 Å². The molecule has 7 rings (SSSR count). The molecule has 200 valence electrons. The van der Waals surface area contributed by atoms with Gasteiger partial charge >= 0.3 is 5.97 Å². The van der Waals surface area contributed by atoms with Crippen LogP contribution in [0.25, 0.3) is 0 Å². The molecule has 2 saturated heterocycles. The van der Waals surface area contributed by atoms with Crippen molar-refractivity contribution in [3.05, 3.63) is 70.8 Å². The molecule has 0 aromatic heterocycles. The minimum Gasteiger partial charge on any atom is -0.463 e. The van der Waals surface area contributed by atoms with Gasteiger partial charge in [0.05, 0.1) is 41.7 Å². The van der Waals surface area contributed by atoms with Crippen LogP contribution in [0.5, 0.6) is 0 Å². The van der Waals surface area contributed by atoms with Gasteiger partial charge in [-0.3, -0.25) is 19.2 Å². The maximum atomic E-state index is 14.2. The van der Waals surface area contributed by atoms with Crippen LogP contribution in [0, 0.1) is 48.9 Å². The number of imide groups is 2. The van der Waals surface area contributed by atoms with Crippen LogP contribution in [0.4, 0.5) is 11.4 Å². The summed E-state index contributed by atoms with van der Waals surface area (Å²) in [6.45, 7) is 8.89. The Kier molecular flexibility index (Phi) is 5.47. The van der Waals surface area contributed by atoms with Crippen molar-refractivity contribution in [3.63, 3.8) is 0 Å². The second-order valence-corrected chi connectivity index (χ2v) is 11.2. The van der Waals surface area contributed by atoms with Crippen molar-refractivity contribution in [2.45, 2.75) is 34.6 Å². The Bertz CT molecular complexity index is 1430. The smallest absolute Gasteiger partial charge is 0.334 e. The molecular weight excluding hydrogens is 496 g/mol. The predicted molar refractivity (Wildman–Crippen MR) is 142 cm³/mol. The average Bonchev–Trinajstić information content (AvgIpc) is 3.31. The third kappa shape index (κ3) is 3.03. The molecule has 0 radical (unpaired) electrons. The molecule has 4 atom stereocenters. The average molecular weight is 527 g/mol. The summed E-state index contributed by atoms with van der Waals surface area (Å²) in [7, 11) is 0. The fourth-order valence-electron chi connectivity index (χ4n) is 7.91. The van der Waals surface area contributed by atoms with Crippen molar-refractivity contribution in [1.29, 1.82) is 0 Å². The van der Waals surface area contributed by atoms with Crippen molar-refractivity contribution in [1.82, 2.24) is 0 Å². The van der Waals surface area contributed by atoms with E-state index in [0.29, 0.717) is 16.9 Å². The zero-order chi connectivity index (χ0) is 28.0. The lowest BCUT2D eigenvalue weighted by Crippen LogP contribution is -2.61. The molecule has 5 aliphatic rings. The maximum Gasteiger partial charge on any atom is 0.334 e. The molecule has 8 nitrogen and oxygen atoms in total. The Balaban J connectivity index is 1.57. The van der Waals surface area contributed by atoms with E-state index in [4.69, 9.17) is 4.74 Å². The van der Waals surface area contributed by atoms with E-state index in [2.05, 4.69) is 0 Å². The van der Waals surface area contributed by atoms with Crippen LogP contribution in [0.15, 0.2) is 59.7 Å². The molecule has 2 aromatic rings. The van der Waals surface area contributed by atoms with Crippen LogP contribution in [0.3, 0.4) is 0 Å². The van der Waals surface area contributed by atoms with Gasteiger partial charge in [-0.1, -0.05) is 48.9 Å². The Morgan fingerprint density at radius 2 is 1.18 bits per heavy atom. The number of rotatable bonds is 4. The molecule has 2 aromatic carbocycles. The van der Waals surface area contributed by atoms with Gasteiger partial charge in [0.15, 0.2) is 0 Å². The van der Waals surface area contributed by atoms with E-state index in [0.717, 1.165) is 11.1 Å². The van der Waals surface area contributed by atoms with E-state index < -0.39 is 64.6 Å². The van der Waals surface area contributed by atoms with Crippen molar-refractivity contribution in [2.75, 3.05) is 16.4 Å².